The minimum absolute atomic E-state index is 0. The van der Waals surface area contributed by atoms with Crippen molar-refractivity contribution in [3.05, 3.63) is 42.2 Å². The van der Waals surface area contributed by atoms with Gasteiger partial charge in [0.2, 0.25) is 5.95 Å². The van der Waals surface area contributed by atoms with Gasteiger partial charge in [0.05, 0.1) is 5.56 Å². The molecule has 0 saturated carbocycles. The van der Waals surface area contributed by atoms with Crippen molar-refractivity contribution in [1.82, 2.24) is 14.9 Å². The fraction of sp³-hybridized carbons (Fsp3) is 0.368. The number of benzene rings is 1. The highest BCUT2D eigenvalue weighted by atomic mass is 35.5. The van der Waals surface area contributed by atoms with Gasteiger partial charge < -0.3 is 20.9 Å². The number of rotatable bonds is 4. The summed E-state index contributed by atoms with van der Waals surface area (Å²) < 4.78 is 0. The molecule has 0 spiro atoms. The van der Waals surface area contributed by atoms with Crippen molar-refractivity contribution in [3.63, 3.8) is 0 Å². The molecular formula is C19H28Cl4N6. The van der Waals surface area contributed by atoms with Gasteiger partial charge >= 0.3 is 0 Å². The van der Waals surface area contributed by atoms with Gasteiger partial charge in [0.25, 0.3) is 0 Å². The molecule has 29 heavy (non-hydrogen) atoms. The third-order valence-corrected chi connectivity index (χ3v) is 4.12. The lowest BCUT2D eigenvalue weighted by atomic mass is 10.2. The molecule has 3 rings (SSSR count). The molecule has 10 heteroatoms. The second-order valence-electron chi connectivity index (χ2n) is 6.10. The summed E-state index contributed by atoms with van der Waals surface area (Å²) in [5.41, 5.74) is 8.43. The summed E-state index contributed by atoms with van der Waals surface area (Å²) in [5.74, 6) is 6.55. The Morgan fingerprint density at radius 2 is 1.69 bits per heavy atom. The lowest BCUT2D eigenvalue weighted by Crippen LogP contribution is -2.44. The average molecular weight is 482 g/mol. The number of nitrogens with zero attached hydrogens (tertiary/aromatic N) is 4. The van der Waals surface area contributed by atoms with Crippen LogP contribution in [0, 0.1) is 11.8 Å². The Morgan fingerprint density at radius 3 is 2.31 bits per heavy atom. The minimum Gasteiger partial charge on any atom is -0.369 e. The molecule has 1 saturated heterocycles. The zero-order valence-electron chi connectivity index (χ0n) is 16.2. The molecule has 1 aliphatic rings. The largest absolute Gasteiger partial charge is 0.369 e. The standard InChI is InChI=1S/C19H24N6.4ClH/c1-24-9-11-25(12-10-24)18-7-4-6-17(13-18)23-19-21-14-16(15-22-19)5-2-3-8-20;;;;/h4,6-7,13-15H,3,8-12,20H2,1H3,(H,21,22,23);4*1H. The summed E-state index contributed by atoms with van der Waals surface area (Å²) in [6.07, 6.45) is 4.13. The lowest BCUT2D eigenvalue weighted by molar-refractivity contribution is 0.313. The number of halogens is 4. The lowest BCUT2D eigenvalue weighted by Gasteiger charge is -2.34. The van der Waals surface area contributed by atoms with Crippen LogP contribution in [0.15, 0.2) is 36.7 Å². The van der Waals surface area contributed by atoms with E-state index in [4.69, 9.17) is 5.73 Å². The van der Waals surface area contributed by atoms with E-state index in [0.29, 0.717) is 18.9 Å². The van der Waals surface area contributed by atoms with Crippen molar-refractivity contribution in [3.8, 4) is 11.8 Å². The van der Waals surface area contributed by atoms with E-state index in [-0.39, 0.29) is 49.6 Å². The highest BCUT2D eigenvalue weighted by Crippen LogP contribution is 2.22. The van der Waals surface area contributed by atoms with Gasteiger partial charge in [-0.1, -0.05) is 17.9 Å². The van der Waals surface area contributed by atoms with Crippen molar-refractivity contribution < 1.29 is 0 Å². The molecule has 1 aromatic heterocycles. The number of piperazine rings is 1. The van der Waals surface area contributed by atoms with Crippen LogP contribution < -0.4 is 16.0 Å². The van der Waals surface area contributed by atoms with Gasteiger partial charge in [-0.15, -0.1) is 49.6 Å². The van der Waals surface area contributed by atoms with Gasteiger partial charge in [0, 0.05) is 62.9 Å². The number of nitrogens with one attached hydrogen (secondary N) is 1. The van der Waals surface area contributed by atoms with Crippen molar-refractivity contribution in [2.24, 2.45) is 5.73 Å². The van der Waals surface area contributed by atoms with Gasteiger partial charge in [-0.3, -0.25) is 0 Å². The third kappa shape index (κ3) is 9.26. The van der Waals surface area contributed by atoms with E-state index in [1.807, 2.05) is 6.07 Å². The predicted molar refractivity (Wildman–Crippen MR) is 131 cm³/mol. The molecule has 0 bridgehead atoms. The number of hydrogen-bond acceptors (Lipinski definition) is 6. The van der Waals surface area contributed by atoms with Crippen molar-refractivity contribution in [2.75, 3.05) is 50.0 Å². The van der Waals surface area contributed by atoms with Gasteiger partial charge in [-0.05, 0) is 25.2 Å². The maximum atomic E-state index is 5.43. The van der Waals surface area contributed by atoms with Crippen LogP contribution in [0.25, 0.3) is 0 Å². The minimum atomic E-state index is 0. The molecule has 162 valence electrons. The number of anilines is 3. The first-order valence-electron chi connectivity index (χ1n) is 8.56. The topological polar surface area (TPSA) is 70.3 Å². The zero-order chi connectivity index (χ0) is 17.5. The summed E-state index contributed by atoms with van der Waals surface area (Å²) in [4.78, 5) is 13.4. The summed E-state index contributed by atoms with van der Waals surface area (Å²) >= 11 is 0. The first-order valence-corrected chi connectivity index (χ1v) is 8.56. The van der Waals surface area contributed by atoms with Crippen LogP contribution in [0.4, 0.5) is 17.3 Å². The monoisotopic (exact) mass is 480 g/mol. The van der Waals surface area contributed by atoms with Crippen molar-refractivity contribution >= 4 is 67.0 Å². The number of likely N-dealkylation sites (N-methyl/N-ethyl adjacent to an activating group) is 1. The molecule has 0 aliphatic carbocycles. The first-order chi connectivity index (χ1) is 12.2. The summed E-state index contributed by atoms with van der Waals surface area (Å²) in [6.45, 7) is 4.84. The van der Waals surface area contributed by atoms with E-state index < -0.39 is 0 Å². The first kappa shape index (κ1) is 29.7. The van der Waals surface area contributed by atoms with Crippen LogP contribution in [0.2, 0.25) is 0 Å². The molecule has 0 atom stereocenters. The van der Waals surface area contributed by atoms with E-state index in [9.17, 15) is 0 Å². The van der Waals surface area contributed by atoms with Crippen LogP contribution >= 0.6 is 49.6 Å². The summed E-state index contributed by atoms with van der Waals surface area (Å²) in [7, 11) is 2.16. The highest BCUT2D eigenvalue weighted by Gasteiger charge is 2.14. The van der Waals surface area contributed by atoms with E-state index >= 15 is 0 Å². The van der Waals surface area contributed by atoms with Crippen LogP contribution in [0.1, 0.15) is 12.0 Å². The molecule has 0 unspecified atom stereocenters. The molecule has 0 amide bonds. The van der Waals surface area contributed by atoms with E-state index in [1.165, 1.54) is 5.69 Å². The highest BCUT2D eigenvalue weighted by molar-refractivity contribution is 5.86. The molecular weight excluding hydrogens is 454 g/mol. The molecule has 6 nitrogen and oxygen atoms in total. The van der Waals surface area contributed by atoms with Gasteiger partial charge in [0.1, 0.15) is 0 Å². The van der Waals surface area contributed by atoms with Gasteiger partial charge in [0.15, 0.2) is 0 Å². The molecule has 1 aromatic carbocycles. The van der Waals surface area contributed by atoms with Crippen LogP contribution in [-0.4, -0.2) is 54.6 Å². The van der Waals surface area contributed by atoms with Gasteiger partial charge in [-0.25, -0.2) is 9.97 Å². The molecule has 0 radical (unpaired) electrons. The normalized spacial score (nSPS) is 12.7. The number of aromatic nitrogens is 2. The Labute approximate surface area is 197 Å². The SMILES string of the molecule is CN1CCN(c2cccc(Nc3ncc(C#CCCN)cn3)c2)CC1.Cl.Cl.Cl.Cl. The Hall–Kier alpha value is -1.46. The Bertz CT molecular complexity index is 755. The summed E-state index contributed by atoms with van der Waals surface area (Å²) in [6, 6.07) is 8.37. The van der Waals surface area contributed by atoms with Crippen LogP contribution in [-0.2, 0) is 0 Å². The third-order valence-electron chi connectivity index (χ3n) is 4.12. The zero-order valence-corrected chi connectivity index (χ0v) is 19.5. The smallest absolute Gasteiger partial charge is 0.227 e. The average Bonchev–Trinajstić information content (AvgIpc) is 2.64. The molecule has 2 aromatic rings. The number of nitrogens with two attached hydrogens (primary N) is 1. The number of hydrogen-bond donors (Lipinski definition) is 2. The van der Waals surface area contributed by atoms with E-state index in [1.54, 1.807) is 12.4 Å². The molecule has 1 fully saturated rings. The van der Waals surface area contributed by atoms with Gasteiger partial charge in [-0.2, -0.15) is 0 Å². The van der Waals surface area contributed by atoms with Crippen LogP contribution in [0.3, 0.4) is 0 Å². The van der Waals surface area contributed by atoms with Crippen molar-refractivity contribution in [2.45, 2.75) is 6.42 Å². The molecule has 3 N–H and O–H groups in total. The predicted octanol–water partition coefficient (Wildman–Crippen LogP) is 3.36. The van der Waals surface area contributed by atoms with E-state index in [0.717, 1.165) is 37.4 Å². The van der Waals surface area contributed by atoms with Crippen molar-refractivity contribution in [1.29, 1.82) is 0 Å². The molecule has 1 aliphatic heterocycles. The fourth-order valence-electron chi connectivity index (χ4n) is 2.67. The fourth-order valence-corrected chi connectivity index (χ4v) is 2.67. The maximum absolute atomic E-state index is 5.43. The second kappa shape index (κ2) is 15.4. The Balaban J connectivity index is 0. The Morgan fingerprint density at radius 1 is 1.03 bits per heavy atom. The molecule has 2 heterocycles. The second-order valence-corrected chi connectivity index (χ2v) is 6.10. The van der Waals surface area contributed by atoms with Crippen LogP contribution in [0.5, 0.6) is 0 Å². The quantitative estimate of drug-likeness (QED) is 0.652. The Kier molecular flexibility index (Phi) is 15.8. The summed E-state index contributed by atoms with van der Waals surface area (Å²) in [5, 5.41) is 3.26. The maximum Gasteiger partial charge on any atom is 0.227 e. The van der Waals surface area contributed by atoms with E-state index in [2.05, 4.69) is 62.2 Å².